The van der Waals surface area contributed by atoms with Gasteiger partial charge >= 0.3 is 5.97 Å². The van der Waals surface area contributed by atoms with Gasteiger partial charge in [-0.05, 0) is 6.92 Å². The van der Waals surface area contributed by atoms with E-state index in [1.807, 2.05) is 17.7 Å². The third kappa shape index (κ3) is 2.32. The summed E-state index contributed by atoms with van der Waals surface area (Å²) >= 11 is 0. The van der Waals surface area contributed by atoms with Gasteiger partial charge in [-0.1, -0.05) is 0 Å². The molecule has 0 saturated carbocycles. The number of ether oxygens (including phenoxy) is 1. The number of carbonyl (C=O) groups is 1. The van der Waals surface area contributed by atoms with Crippen molar-refractivity contribution in [3.8, 4) is 0 Å². The first-order valence-corrected chi connectivity index (χ1v) is 4.52. The van der Waals surface area contributed by atoms with Crippen LogP contribution in [0, 0.1) is 0 Å². The van der Waals surface area contributed by atoms with Crippen molar-refractivity contribution in [2.24, 2.45) is 5.73 Å². The minimum atomic E-state index is -0.632. The summed E-state index contributed by atoms with van der Waals surface area (Å²) in [5.41, 5.74) is 5.61. The third-order valence-electron chi connectivity index (χ3n) is 2.05. The molecular formula is C9H15N3O2. The fourth-order valence-electron chi connectivity index (χ4n) is 1.25. The lowest BCUT2D eigenvalue weighted by molar-refractivity contribution is -0.142. The first-order chi connectivity index (χ1) is 6.69. The maximum Gasteiger partial charge on any atom is 0.323 e. The summed E-state index contributed by atoms with van der Waals surface area (Å²) < 4.78 is 6.48. The summed E-state index contributed by atoms with van der Waals surface area (Å²) in [7, 11) is 1.33. The first kappa shape index (κ1) is 10.7. The number of hydrogen-bond donors (Lipinski definition) is 1. The number of rotatable bonds is 4. The van der Waals surface area contributed by atoms with Crippen LogP contribution in [0.15, 0.2) is 12.4 Å². The normalized spacial score (nSPS) is 12.5. The summed E-state index contributed by atoms with van der Waals surface area (Å²) in [5, 5.41) is 0. The first-order valence-electron chi connectivity index (χ1n) is 4.52. The number of imidazole rings is 1. The molecule has 0 amide bonds. The van der Waals surface area contributed by atoms with E-state index in [1.54, 1.807) is 6.20 Å². The molecule has 1 heterocycles. The summed E-state index contributed by atoms with van der Waals surface area (Å²) in [6, 6.07) is -0.632. The molecule has 78 valence electrons. The van der Waals surface area contributed by atoms with Crippen LogP contribution in [0.5, 0.6) is 0 Å². The van der Waals surface area contributed by atoms with Gasteiger partial charge in [0.1, 0.15) is 11.9 Å². The number of carbonyl (C=O) groups excluding carboxylic acids is 1. The van der Waals surface area contributed by atoms with Crippen molar-refractivity contribution in [2.75, 3.05) is 7.11 Å². The maximum atomic E-state index is 11.1. The molecule has 0 spiro atoms. The molecule has 5 nitrogen and oxygen atoms in total. The molecule has 1 atom stereocenters. The minimum absolute atomic E-state index is 0.407. The van der Waals surface area contributed by atoms with Crippen molar-refractivity contribution in [3.05, 3.63) is 18.2 Å². The highest BCUT2D eigenvalue weighted by molar-refractivity contribution is 5.75. The lowest BCUT2D eigenvalue weighted by atomic mass is 10.2. The molecule has 2 N–H and O–H groups in total. The van der Waals surface area contributed by atoms with Crippen LogP contribution >= 0.6 is 0 Å². The van der Waals surface area contributed by atoms with Crippen LogP contribution in [-0.2, 0) is 22.5 Å². The average molecular weight is 197 g/mol. The third-order valence-corrected chi connectivity index (χ3v) is 2.05. The Balaban J connectivity index is 2.64. The number of aryl methyl sites for hydroxylation is 1. The van der Waals surface area contributed by atoms with E-state index < -0.39 is 12.0 Å². The van der Waals surface area contributed by atoms with E-state index >= 15 is 0 Å². The Bertz CT molecular complexity index is 309. The van der Waals surface area contributed by atoms with E-state index in [-0.39, 0.29) is 0 Å². The Morgan fingerprint density at radius 1 is 1.79 bits per heavy atom. The van der Waals surface area contributed by atoms with Crippen LogP contribution in [0.3, 0.4) is 0 Å². The van der Waals surface area contributed by atoms with E-state index in [1.165, 1.54) is 7.11 Å². The van der Waals surface area contributed by atoms with Crippen molar-refractivity contribution < 1.29 is 9.53 Å². The molecular weight excluding hydrogens is 182 g/mol. The van der Waals surface area contributed by atoms with Gasteiger partial charge in [-0.3, -0.25) is 4.79 Å². The molecule has 0 aliphatic carbocycles. The van der Waals surface area contributed by atoms with Crippen molar-refractivity contribution in [1.29, 1.82) is 0 Å². The smallest absolute Gasteiger partial charge is 0.323 e. The number of nitrogens with zero attached hydrogens (tertiary/aromatic N) is 2. The Kier molecular flexibility index (Phi) is 3.64. The van der Waals surface area contributed by atoms with Crippen LogP contribution in [0.25, 0.3) is 0 Å². The second-order valence-corrected chi connectivity index (χ2v) is 2.96. The Labute approximate surface area is 82.9 Å². The molecule has 0 fully saturated rings. The van der Waals surface area contributed by atoms with Gasteiger partial charge < -0.3 is 15.0 Å². The van der Waals surface area contributed by atoms with Crippen molar-refractivity contribution in [2.45, 2.75) is 25.9 Å². The Morgan fingerprint density at radius 3 is 3.07 bits per heavy atom. The van der Waals surface area contributed by atoms with E-state index in [0.29, 0.717) is 6.42 Å². The van der Waals surface area contributed by atoms with Gasteiger partial charge in [0.2, 0.25) is 0 Å². The zero-order chi connectivity index (χ0) is 10.6. The van der Waals surface area contributed by atoms with Crippen molar-refractivity contribution >= 4 is 5.97 Å². The SMILES string of the molecule is CCn1ccnc1CC(N)C(=O)OC. The molecule has 0 aliphatic rings. The van der Waals surface area contributed by atoms with E-state index in [2.05, 4.69) is 9.72 Å². The summed E-state index contributed by atoms with van der Waals surface area (Å²) in [6.07, 6.45) is 3.97. The van der Waals surface area contributed by atoms with Crippen LogP contribution in [0.4, 0.5) is 0 Å². The number of hydrogen-bond acceptors (Lipinski definition) is 4. The van der Waals surface area contributed by atoms with E-state index in [4.69, 9.17) is 5.73 Å². The second-order valence-electron chi connectivity index (χ2n) is 2.96. The molecule has 1 aromatic rings. The largest absolute Gasteiger partial charge is 0.468 e. The number of nitrogens with two attached hydrogens (primary N) is 1. The molecule has 0 saturated heterocycles. The summed E-state index contributed by atoms with van der Waals surface area (Å²) in [5.74, 6) is 0.404. The molecule has 5 heteroatoms. The minimum Gasteiger partial charge on any atom is -0.468 e. The molecule has 1 rings (SSSR count). The van der Waals surface area contributed by atoms with Gasteiger partial charge in [0, 0.05) is 25.4 Å². The maximum absolute atomic E-state index is 11.1. The van der Waals surface area contributed by atoms with Crippen molar-refractivity contribution in [3.63, 3.8) is 0 Å². The molecule has 0 radical (unpaired) electrons. The number of aromatic nitrogens is 2. The predicted octanol–water partition coefficient (Wildman–Crippen LogP) is -0.0542. The number of esters is 1. The molecule has 1 aromatic heterocycles. The van der Waals surface area contributed by atoms with E-state index in [9.17, 15) is 4.79 Å². The summed E-state index contributed by atoms with van der Waals surface area (Å²) in [4.78, 5) is 15.2. The molecule has 14 heavy (non-hydrogen) atoms. The van der Waals surface area contributed by atoms with Crippen LogP contribution in [0.2, 0.25) is 0 Å². The fourth-order valence-corrected chi connectivity index (χ4v) is 1.25. The van der Waals surface area contributed by atoms with Gasteiger partial charge in [0.05, 0.1) is 7.11 Å². The molecule has 1 unspecified atom stereocenters. The summed E-state index contributed by atoms with van der Waals surface area (Å²) in [6.45, 7) is 2.83. The highest BCUT2D eigenvalue weighted by Gasteiger charge is 2.16. The molecule has 0 bridgehead atoms. The number of methoxy groups -OCH3 is 1. The van der Waals surface area contributed by atoms with Gasteiger partial charge in [-0.2, -0.15) is 0 Å². The zero-order valence-electron chi connectivity index (χ0n) is 8.43. The van der Waals surface area contributed by atoms with Gasteiger partial charge in [0.15, 0.2) is 0 Å². The Hall–Kier alpha value is -1.36. The van der Waals surface area contributed by atoms with Gasteiger partial charge in [-0.15, -0.1) is 0 Å². The highest BCUT2D eigenvalue weighted by Crippen LogP contribution is 2.01. The standard InChI is InChI=1S/C9H15N3O2/c1-3-12-5-4-11-8(12)6-7(10)9(13)14-2/h4-5,7H,3,6,10H2,1-2H3. The Morgan fingerprint density at radius 2 is 2.50 bits per heavy atom. The average Bonchev–Trinajstić information content (AvgIpc) is 2.63. The van der Waals surface area contributed by atoms with Gasteiger partial charge in [0.25, 0.3) is 0 Å². The van der Waals surface area contributed by atoms with Crippen LogP contribution in [-0.4, -0.2) is 28.7 Å². The van der Waals surface area contributed by atoms with Crippen molar-refractivity contribution in [1.82, 2.24) is 9.55 Å². The van der Waals surface area contributed by atoms with E-state index in [0.717, 1.165) is 12.4 Å². The van der Waals surface area contributed by atoms with Crippen LogP contribution in [0.1, 0.15) is 12.7 Å². The monoisotopic (exact) mass is 197 g/mol. The highest BCUT2D eigenvalue weighted by atomic mass is 16.5. The molecule has 0 aromatic carbocycles. The zero-order valence-corrected chi connectivity index (χ0v) is 8.43. The predicted molar refractivity (Wildman–Crippen MR) is 51.6 cm³/mol. The molecule has 0 aliphatic heterocycles. The topological polar surface area (TPSA) is 70.1 Å². The lowest BCUT2D eigenvalue weighted by Gasteiger charge is -2.09. The fraction of sp³-hybridized carbons (Fsp3) is 0.556. The van der Waals surface area contributed by atoms with Crippen LogP contribution < -0.4 is 5.73 Å². The quantitative estimate of drug-likeness (QED) is 0.687. The second kappa shape index (κ2) is 4.76. The van der Waals surface area contributed by atoms with Gasteiger partial charge in [-0.25, -0.2) is 4.98 Å². The lowest BCUT2D eigenvalue weighted by Crippen LogP contribution is -2.34.